The number of nitrogens with one attached hydrogen (secondary N) is 1. The van der Waals surface area contributed by atoms with Gasteiger partial charge < -0.3 is 9.47 Å². The summed E-state index contributed by atoms with van der Waals surface area (Å²) in [6, 6.07) is 7.90. The minimum absolute atomic E-state index is 0.276. The van der Waals surface area contributed by atoms with Gasteiger partial charge in [0.25, 0.3) is 5.91 Å². The first-order valence-corrected chi connectivity index (χ1v) is 8.90. The highest BCUT2D eigenvalue weighted by Gasteiger charge is 2.15. The van der Waals surface area contributed by atoms with Crippen molar-refractivity contribution in [1.29, 1.82) is 0 Å². The van der Waals surface area contributed by atoms with Gasteiger partial charge in [-0.3, -0.25) is 15.1 Å². The maximum absolute atomic E-state index is 12.5. The summed E-state index contributed by atoms with van der Waals surface area (Å²) in [6.07, 6.45) is 3.06. The Bertz CT molecular complexity index is 883. The van der Waals surface area contributed by atoms with Gasteiger partial charge in [-0.25, -0.2) is 9.97 Å². The number of aromatic nitrogens is 4. The molecule has 0 saturated heterocycles. The SMILES string of the molecule is CCN(CC)CCn1c(NC(=O)c2cnc(C)cn2)nc2ccccc21. The first kappa shape index (κ1) is 18.0. The molecule has 0 atom stereocenters. The fourth-order valence-electron chi connectivity index (χ4n) is 2.85. The normalized spacial score (nSPS) is 11.2. The Hall–Kier alpha value is -2.80. The zero-order valence-corrected chi connectivity index (χ0v) is 15.4. The van der Waals surface area contributed by atoms with E-state index in [1.54, 1.807) is 6.20 Å². The van der Waals surface area contributed by atoms with Crippen LogP contribution in [0, 0.1) is 6.92 Å². The summed E-state index contributed by atoms with van der Waals surface area (Å²) in [5, 5.41) is 2.89. The van der Waals surface area contributed by atoms with Crippen LogP contribution < -0.4 is 5.32 Å². The highest BCUT2D eigenvalue weighted by atomic mass is 16.2. The highest BCUT2D eigenvalue weighted by Crippen LogP contribution is 2.20. The van der Waals surface area contributed by atoms with Crippen LogP contribution in [0.4, 0.5) is 5.95 Å². The lowest BCUT2D eigenvalue weighted by atomic mass is 10.3. The lowest BCUT2D eigenvalue weighted by Gasteiger charge is -2.19. The number of rotatable bonds is 7. The Kier molecular flexibility index (Phi) is 5.58. The zero-order valence-electron chi connectivity index (χ0n) is 15.4. The number of aryl methyl sites for hydroxylation is 1. The Morgan fingerprint density at radius 2 is 1.92 bits per heavy atom. The number of nitrogens with zero attached hydrogens (tertiary/aromatic N) is 5. The summed E-state index contributed by atoms with van der Waals surface area (Å²) in [5.74, 6) is 0.225. The highest BCUT2D eigenvalue weighted by molar-refractivity contribution is 6.02. The molecule has 0 unspecified atom stereocenters. The van der Waals surface area contributed by atoms with Crippen LogP contribution in [0.1, 0.15) is 30.0 Å². The third kappa shape index (κ3) is 3.88. The second-order valence-electron chi connectivity index (χ2n) is 6.10. The van der Waals surface area contributed by atoms with E-state index in [-0.39, 0.29) is 11.6 Å². The fourth-order valence-corrected chi connectivity index (χ4v) is 2.85. The van der Waals surface area contributed by atoms with Gasteiger partial charge in [0.1, 0.15) is 5.69 Å². The summed E-state index contributed by atoms with van der Waals surface area (Å²) < 4.78 is 2.05. The Balaban J connectivity index is 1.87. The number of benzene rings is 1. The van der Waals surface area contributed by atoms with Gasteiger partial charge in [0, 0.05) is 19.3 Å². The van der Waals surface area contributed by atoms with Crippen molar-refractivity contribution in [3.05, 3.63) is 48.0 Å². The summed E-state index contributed by atoms with van der Waals surface area (Å²) in [7, 11) is 0. The molecule has 3 rings (SSSR count). The molecule has 0 aliphatic heterocycles. The van der Waals surface area contributed by atoms with Gasteiger partial charge in [-0.2, -0.15) is 0 Å². The molecule has 1 amide bonds. The average molecular weight is 352 g/mol. The monoisotopic (exact) mass is 352 g/mol. The summed E-state index contributed by atoms with van der Waals surface area (Å²) >= 11 is 0. The third-order valence-electron chi connectivity index (χ3n) is 4.43. The molecule has 0 aliphatic rings. The minimum Gasteiger partial charge on any atom is -0.309 e. The van der Waals surface area contributed by atoms with Crippen LogP contribution in [0.5, 0.6) is 0 Å². The number of hydrogen-bond donors (Lipinski definition) is 1. The van der Waals surface area contributed by atoms with Crippen molar-refractivity contribution in [1.82, 2.24) is 24.4 Å². The van der Waals surface area contributed by atoms with Crippen LogP contribution in [-0.4, -0.2) is 50.0 Å². The predicted octanol–water partition coefficient (Wildman–Crippen LogP) is 2.73. The summed E-state index contributed by atoms with van der Waals surface area (Å²) in [6.45, 7) is 9.75. The number of para-hydroxylation sites is 2. The zero-order chi connectivity index (χ0) is 18.5. The van der Waals surface area contributed by atoms with E-state index in [1.165, 1.54) is 6.20 Å². The van der Waals surface area contributed by atoms with Crippen LogP contribution in [0.15, 0.2) is 36.7 Å². The van der Waals surface area contributed by atoms with Crippen molar-refractivity contribution >= 4 is 22.9 Å². The number of likely N-dealkylation sites (N-methyl/N-ethyl adjacent to an activating group) is 1. The third-order valence-corrected chi connectivity index (χ3v) is 4.43. The van der Waals surface area contributed by atoms with Gasteiger partial charge in [-0.05, 0) is 32.1 Å². The van der Waals surface area contributed by atoms with E-state index >= 15 is 0 Å². The number of carbonyl (C=O) groups is 1. The van der Waals surface area contributed by atoms with Crippen molar-refractivity contribution in [2.75, 3.05) is 25.0 Å². The molecule has 2 heterocycles. The number of fused-ring (bicyclic) bond motifs is 1. The number of imidazole rings is 1. The predicted molar refractivity (Wildman–Crippen MR) is 102 cm³/mol. The first-order chi connectivity index (χ1) is 12.6. The largest absolute Gasteiger partial charge is 0.309 e. The molecule has 0 fully saturated rings. The summed E-state index contributed by atoms with van der Waals surface area (Å²) in [4.78, 5) is 27.7. The molecule has 7 heteroatoms. The van der Waals surface area contributed by atoms with Gasteiger partial charge in [0.2, 0.25) is 5.95 Å². The molecule has 3 aromatic rings. The molecule has 2 aromatic heterocycles. The molecule has 136 valence electrons. The van der Waals surface area contributed by atoms with Gasteiger partial charge in [-0.15, -0.1) is 0 Å². The van der Waals surface area contributed by atoms with Crippen LogP contribution in [0.25, 0.3) is 11.0 Å². The standard InChI is InChI=1S/C19H24N6O/c1-4-24(5-2)10-11-25-17-9-7-6-8-15(17)22-19(25)23-18(26)16-13-20-14(3)12-21-16/h6-9,12-13H,4-5,10-11H2,1-3H3,(H,22,23,26). The van der Waals surface area contributed by atoms with Crippen LogP contribution in [0.2, 0.25) is 0 Å². The van der Waals surface area contributed by atoms with Gasteiger partial charge in [0.15, 0.2) is 0 Å². The van der Waals surface area contributed by atoms with Gasteiger partial charge >= 0.3 is 0 Å². The minimum atomic E-state index is -0.308. The van der Waals surface area contributed by atoms with E-state index in [2.05, 4.69) is 39.0 Å². The van der Waals surface area contributed by atoms with Crippen molar-refractivity contribution in [3.63, 3.8) is 0 Å². The van der Waals surface area contributed by atoms with E-state index in [9.17, 15) is 4.79 Å². The quantitative estimate of drug-likeness (QED) is 0.707. The molecule has 0 radical (unpaired) electrons. The van der Waals surface area contributed by atoms with E-state index < -0.39 is 0 Å². The smallest absolute Gasteiger partial charge is 0.278 e. The Morgan fingerprint density at radius 3 is 2.62 bits per heavy atom. The molecule has 0 spiro atoms. The molecule has 0 saturated carbocycles. The lowest BCUT2D eigenvalue weighted by Crippen LogP contribution is -2.27. The Labute approximate surface area is 153 Å². The van der Waals surface area contributed by atoms with E-state index in [0.717, 1.165) is 42.9 Å². The van der Waals surface area contributed by atoms with Crippen molar-refractivity contribution in [3.8, 4) is 0 Å². The number of carbonyl (C=O) groups excluding carboxylic acids is 1. The maximum Gasteiger partial charge on any atom is 0.278 e. The number of amides is 1. The van der Waals surface area contributed by atoms with E-state index in [0.29, 0.717) is 5.95 Å². The van der Waals surface area contributed by atoms with Gasteiger partial charge in [0.05, 0.1) is 22.9 Å². The topological polar surface area (TPSA) is 75.9 Å². The fraction of sp³-hybridized carbons (Fsp3) is 0.368. The average Bonchev–Trinajstić information content (AvgIpc) is 3.00. The van der Waals surface area contributed by atoms with Crippen molar-refractivity contribution < 1.29 is 4.79 Å². The van der Waals surface area contributed by atoms with Crippen LogP contribution >= 0.6 is 0 Å². The second kappa shape index (κ2) is 8.05. The van der Waals surface area contributed by atoms with Crippen LogP contribution in [0.3, 0.4) is 0 Å². The number of anilines is 1. The van der Waals surface area contributed by atoms with Crippen molar-refractivity contribution in [2.24, 2.45) is 0 Å². The molecule has 1 aromatic carbocycles. The molecule has 0 bridgehead atoms. The van der Waals surface area contributed by atoms with Gasteiger partial charge in [-0.1, -0.05) is 26.0 Å². The second-order valence-corrected chi connectivity index (χ2v) is 6.10. The molecule has 26 heavy (non-hydrogen) atoms. The van der Waals surface area contributed by atoms with Crippen molar-refractivity contribution in [2.45, 2.75) is 27.3 Å². The first-order valence-electron chi connectivity index (χ1n) is 8.90. The molecule has 0 aliphatic carbocycles. The van der Waals surface area contributed by atoms with E-state index in [1.807, 2.05) is 35.8 Å². The molecular weight excluding hydrogens is 328 g/mol. The maximum atomic E-state index is 12.5. The molecular formula is C19H24N6O. The summed E-state index contributed by atoms with van der Waals surface area (Å²) in [5.41, 5.74) is 2.91. The van der Waals surface area contributed by atoms with Crippen LogP contribution in [-0.2, 0) is 6.54 Å². The Morgan fingerprint density at radius 1 is 1.15 bits per heavy atom. The number of hydrogen-bond acceptors (Lipinski definition) is 5. The van der Waals surface area contributed by atoms with E-state index in [4.69, 9.17) is 0 Å². The lowest BCUT2D eigenvalue weighted by molar-refractivity contribution is 0.102. The molecule has 1 N–H and O–H groups in total. The molecule has 7 nitrogen and oxygen atoms in total.